The van der Waals surface area contributed by atoms with E-state index in [2.05, 4.69) is 6.92 Å². The summed E-state index contributed by atoms with van der Waals surface area (Å²) in [5.74, 6) is -0.932. The first-order valence-electron chi connectivity index (χ1n) is 4.10. The van der Waals surface area contributed by atoms with Crippen LogP contribution in [0.5, 0.6) is 0 Å². The van der Waals surface area contributed by atoms with Gasteiger partial charge in [-0.25, -0.2) is 0 Å². The van der Waals surface area contributed by atoms with Crippen molar-refractivity contribution >= 4 is 5.97 Å². The van der Waals surface area contributed by atoms with Gasteiger partial charge in [0.2, 0.25) is 0 Å². The molecule has 0 unspecified atom stereocenters. The summed E-state index contributed by atoms with van der Waals surface area (Å²) in [6, 6.07) is 0. The van der Waals surface area contributed by atoms with E-state index in [9.17, 15) is 4.79 Å². The minimum atomic E-state index is -0.716. The predicted molar refractivity (Wildman–Crippen MR) is 40.4 cm³/mol. The van der Waals surface area contributed by atoms with Gasteiger partial charge in [0, 0.05) is 6.61 Å². The lowest BCUT2D eigenvalue weighted by Gasteiger charge is -1.99. The Labute approximate surface area is 66.4 Å². The summed E-state index contributed by atoms with van der Waals surface area (Å²) in [6.45, 7) is 2.80. The van der Waals surface area contributed by atoms with Crippen LogP contribution in [-0.2, 0) is 9.53 Å². The van der Waals surface area contributed by atoms with Crippen LogP contribution in [0.1, 0.15) is 26.2 Å². The molecule has 0 radical (unpaired) electrons. The number of carbonyl (C=O) groups is 1. The van der Waals surface area contributed by atoms with Crippen LogP contribution in [0.25, 0.3) is 0 Å². The van der Waals surface area contributed by atoms with E-state index in [-0.39, 0.29) is 12.0 Å². The fraction of sp³-hybridized carbons (Fsp3) is 0.875. The summed E-state index contributed by atoms with van der Waals surface area (Å²) in [7, 11) is 0. The fourth-order valence-electron chi connectivity index (χ4n) is 0.995. The molecule has 0 spiro atoms. The van der Waals surface area contributed by atoms with Crippen molar-refractivity contribution in [2.75, 3.05) is 6.61 Å². The van der Waals surface area contributed by atoms with Gasteiger partial charge < -0.3 is 9.84 Å². The van der Waals surface area contributed by atoms with Crippen molar-refractivity contribution in [3.05, 3.63) is 0 Å². The largest absolute Gasteiger partial charge is 0.481 e. The third kappa shape index (κ3) is 2.50. The molecule has 1 fully saturated rings. The number of carboxylic acid groups (broad SMARTS) is 1. The number of rotatable bonds is 5. The van der Waals surface area contributed by atoms with E-state index < -0.39 is 5.97 Å². The van der Waals surface area contributed by atoms with Crippen LogP contribution in [0, 0.1) is 5.92 Å². The van der Waals surface area contributed by atoms with E-state index in [1.807, 2.05) is 0 Å². The van der Waals surface area contributed by atoms with Crippen molar-refractivity contribution in [2.24, 2.45) is 5.92 Å². The fourth-order valence-corrected chi connectivity index (χ4v) is 0.995. The highest BCUT2D eigenvalue weighted by Gasteiger charge is 2.44. The van der Waals surface area contributed by atoms with Crippen LogP contribution < -0.4 is 0 Å². The Bertz CT molecular complexity index is 144. The first kappa shape index (κ1) is 8.53. The van der Waals surface area contributed by atoms with Crippen molar-refractivity contribution < 1.29 is 14.6 Å². The molecule has 2 atom stereocenters. The van der Waals surface area contributed by atoms with Crippen LogP contribution in [0.3, 0.4) is 0 Å². The average molecular weight is 158 g/mol. The average Bonchev–Trinajstić information content (AvgIpc) is 2.68. The van der Waals surface area contributed by atoms with Gasteiger partial charge in [0.05, 0.1) is 12.0 Å². The van der Waals surface area contributed by atoms with E-state index in [0.717, 1.165) is 12.8 Å². The number of carboxylic acids is 1. The molecule has 1 saturated carbocycles. The van der Waals surface area contributed by atoms with E-state index >= 15 is 0 Å². The second-order valence-electron chi connectivity index (χ2n) is 2.94. The molecule has 3 heteroatoms. The predicted octanol–water partition coefficient (Wildman–Crippen LogP) is 1.28. The van der Waals surface area contributed by atoms with Crippen molar-refractivity contribution in [2.45, 2.75) is 32.3 Å². The maximum absolute atomic E-state index is 10.3. The molecule has 1 aliphatic carbocycles. The van der Waals surface area contributed by atoms with Crippen LogP contribution in [0.4, 0.5) is 0 Å². The van der Waals surface area contributed by atoms with Crippen molar-refractivity contribution in [1.82, 2.24) is 0 Å². The van der Waals surface area contributed by atoms with Gasteiger partial charge >= 0.3 is 5.97 Å². The summed E-state index contributed by atoms with van der Waals surface area (Å²) in [5, 5.41) is 8.50. The second-order valence-corrected chi connectivity index (χ2v) is 2.94. The molecule has 0 saturated heterocycles. The summed E-state index contributed by atoms with van der Waals surface area (Å²) >= 11 is 0. The van der Waals surface area contributed by atoms with Crippen LogP contribution >= 0.6 is 0 Å². The monoisotopic (exact) mass is 158 g/mol. The summed E-state index contributed by atoms with van der Waals surface area (Å²) in [4.78, 5) is 10.3. The standard InChI is InChI=1S/C8H14O3/c1-2-3-4-11-7-5-6(7)8(9)10/h6-7H,2-5H2,1H3,(H,9,10)/t6-,7+/m1/s1. The Kier molecular flexibility index (Phi) is 2.88. The summed E-state index contributed by atoms with van der Waals surface area (Å²) in [5.41, 5.74) is 0. The molecule has 0 aromatic carbocycles. The SMILES string of the molecule is CCCCO[C@H]1C[C@H]1C(=O)O. The molecular weight excluding hydrogens is 144 g/mol. The lowest BCUT2D eigenvalue weighted by atomic mass is 10.4. The molecule has 0 aromatic heterocycles. The minimum Gasteiger partial charge on any atom is -0.481 e. The number of unbranched alkanes of at least 4 members (excludes halogenated alkanes) is 1. The molecule has 0 heterocycles. The molecule has 1 rings (SSSR count). The Morgan fingerprint density at radius 3 is 2.91 bits per heavy atom. The molecule has 0 aliphatic heterocycles. The molecule has 11 heavy (non-hydrogen) atoms. The minimum absolute atomic E-state index is 0.0130. The zero-order chi connectivity index (χ0) is 8.27. The Morgan fingerprint density at radius 1 is 1.73 bits per heavy atom. The Balaban J connectivity index is 2.00. The van der Waals surface area contributed by atoms with Crippen LogP contribution in [-0.4, -0.2) is 23.8 Å². The van der Waals surface area contributed by atoms with Gasteiger partial charge in [-0.15, -0.1) is 0 Å². The smallest absolute Gasteiger partial charge is 0.309 e. The van der Waals surface area contributed by atoms with Gasteiger partial charge in [0.25, 0.3) is 0 Å². The van der Waals surface area contributed by atoms with Gasteiger partial charge in [-0.1, -0.05) is 13.3 Å². The summed E-state index contributed by atoms with van der Waals surface area (Å²) < 4.78 is 5.29. The zero-order valence-electron chi connectivity index (χ0n) is 6.75. The highest BCUT2D eigenvalue weighted by atomic mass is 16.5. The molecule has 1 N–H and O–H groups in total. The maximum atomic E-state index is 10.3. The van der Waals surface area contributed by atoms with E-state index in [1.54, 1.807) is 0 Å². The van der Waals surface area contributed by atoms with Gasteiger partial charge in [-0.2, -0.15) is 0 Å². The number of hydrogen-bond donors (Lipinski definition) is 1. The van der Waals surface area contributed by atoms with Crippen LogP contribution in [0.15, 0.2) is 0 Å². The van der Waals surface area contributed by atoms with Crippen molar-refractivity contribution in [3.63, 3.8) is 0 Å². The van der Waals surface area contributed by atoms with E-state index in [0.29, 0.717) is 13.0 Å². The van der Waals surface area contributed by atoms with Crippen molar-refractivity contribution in [1.29, 1.82) is 0 Å². The molecule has 3 nitrogen and oxygen atoms in total. The quantitative estimate of drug-likeness (QED) is 0.613. The molecular formula is C8H14O3. The molecule has 0 aromatic rings. The van der Waals surface area contributed by atoms with Gasteiger partial charge in [-0.05, 0) is 12.8 Å². The van der Waals surface area contributed by atoms with E-state index in [4.69, 9.17) is 9.84 Å². The van der Waals surface area contributed by atoms with Gasteiger partial charge in [0.15, 0.2) is 0 Å². The van der Waals surface area contributed by atoms with Gasteiger partial charge in [0.1, 0.15) is 0 Å². The first-order valence-corrected chi connectivity index (χ1v) is 4.10. The molecule has 0 bridgehead atoms. The molecule has 64 valence electrons. The highest BCUT2D eigenvalue weighted by molar-refractivity contribution is 5.74. The Morgan fingerprint density at radius 2 is 2.45 bits per heavy atom. The van der Waals surface area contributed by atoms with Crippen LogP contribution in [0.2, 0.25) is 0 Å². The first-order chi connectivity index (χ1) is 5.25. The van der Waals surface area contributed by atoms with Crippen molar-refractivity contribution in [3.8, 4) is 0 Å². The van der Waals surface area contributed by atoms with E-state index in [1.165, 1.54) is 0 Å². The molecule has 1 aliphatic rings. The normalized spacial score (nSPS) is 28.5. The Hall–Kier alpha value is -0.570. The lowest BCUT2D eigenvalue weighted by molar-refractivity contribution is -0.139. The highest BCUT2D eigenvalue weighted by Crippen LogP contribution is 2.33. The number of ether oxygens (including phenoxy) is 1. The zero-order valence-corrected chi connectivity index (χ0v) is 6.75. The number of aliphatic carboxylic acids is 1. The maximum Gasteiger partial charge on any atom is 0.309 e. The summed E-state index contributed by atoms with van der Waals surface area (Å²) in [6.07, 6.45) is 2.85. The molecule has 0 amide bonds. The lowest BCUT2D eigenvalue weighted by Crippen LogP contribution is -2.05. The number of hydrogen-bond acceptors (Lipinski definition) is 2. The third-order valence-corrected chi connectivity index (χ3v) is 1.88. The topological polar surface area (TPSA) is 46.5 Å². The third-order valence-electron chi connectivity index (χ3n) is 1.88. The second kappa shape index (κ2) is 3.72. The van der Waals surface area contributed by atoms with Gasteiger partial charge in [-0.3, -0.25) is 4.79 Å².